The van der Waals surface area contributed by atoms with Crippen LogP contribution >= 0.6 is 11.7 Å². The minimum absolute atomic E-state index is 0.0105. The first-order valence-corrected chi connectivity index (χ1v) is 13.8. The van der Waals surface area contributed by atoms with Crippen LogP contribution in [0.25, 0.3) is 16.6 Å². The second kappa shape index (κ2) is 12.5. The van der Waals surface area contributed by atoms with Gasteiger partial charge in [-0.25, -0.2) is 9.59 Å². The second-order valence-corrected chi connectivity index (χ2v) is 9.93. The van der Waals surface area contributed by atoms with E-state index >= 15 is 0 Å². The number of nitrogens with one attached hydrogen (secondary N) is 1. The number of hydrogen-bond donors (Lipinski definition) is 2. The van der Waals surface area contributed by atoms with Crippen molar-refractivity contribution in [1.29, 1.82) is 0 Å². The van der Waals surface area contributed by atoms with Crippen LogP contribution in [-0.2, 0) is 31.3 Å². The number of aromatic nitrogens is 2. The lowest BCUT2D eigenvalue weighted by Crippen LogP contribution is -2.41. The van der Waals surface area contributed by atoms with E-state index in [0.717, 1.165) is 11.7 Å². The van der Waals surface area contributed by atoms with Crippen LogP contribution in [0.1, 0.15) is 16.7 Å². The molecule has 3 aromatic carbocycles. The number of carboxylic acid groups (broad SMARTS) is 1. The van der Waals surface area contributed by atoms with Gasteiger partial charge in [0.2, 0.25) is 5.75 Å². The van der Waals surface area contributed by atoms with Crippen molar-refractivity contribution in [3.8, 4) is 23.0 Å². The highest BCUT2D eigenvalue weighted by Gasteiger charge is 2.53. The van der Waals surface area contributed by atoms with Crippen molar-refractivity contribution in [3.63, 3.8) is 0 Å². The number of methoxy groups -OCH3 is 4. The summed E-state index contributed by atoms with van der Waals surface area (Å²) in [4.78, 5) is 38.1. The summed E-state index contributed by atoms with van der Waals surface area (Å²) in [5.74, 6) is -2.60. The topological polar surface area (TPSA) is 165 Å². The van der Waals surface area contributed by atoms with Gasteiger partial charge in [-0.3, -0.25) is 4.79 Å². The van der Waals surface area contributed by atoms with E-state index < -0.39 is 30.4 Å². The Labute approximate surface area is 255 Å². The van der Waals surface area contributed by atoms with E-state index in [4.69, 9.17) is 33.5 Å². The number of alkyl carbamates (subject to hydrolysis) is 1. The lowest BCUT2D eigenvalue weighted by molar-refractivity contribution is -0.185. The minimum Gasteiger partial charge on any atom is -0.497 e. The summed E-state index contributed by atoms with van der Waals surface area (Å²) >= 11 is 1.03. The zero-order valence-corrected chi connectivity index (χ0v) is 24.9. The molecule has 14 heteroatoms. The molecule has 0 bridgehead atoms. The molecule has 4 aromatic rings. The van der Waals surface area contributed by atoms with Gasteiger partial charge in [-0.2, -0.15) is 8.75 Å². The molecule has 1 unspecified atom stereocenters. The highest BCUT2D eigenvalue weighted by molar-refractivity contribution is 7.00. The van der Waals surface area contributed by atoms with Crippen molar-refractivity contribution >= 4 is 46.4 Å². The molecule has 1 amide bonds. The molecule has 44 heavy (non-hydrogen) atoms. The number of carbonyl (C=O) groups excluding carboxylic acids is 2. The van der Waals surface area contributed by atoms with E-state index in [1.807, 2.05) is 0 Å². The lowest BCUT2D eigenvalue weighted by Gasteiger charge is -2.31. The van der Waals surface area contributed by atoms with Crippen LogP contribution in [0.3, 0.4) is 0 Å². The van der Waals surface area contributed by atoms with Gasteiger partial charge >= 0.3 is 23.8 Å². The van der Waals surface area contributed by atoms with Crippen LogP contribution < -0.4 is 24.3 Å². The van der Waals surface area contributed by atoms with E-state index in [1.54, 1.807) is 54.6 Å². The molecule has 1 aliphatic heterocycles. The maximum atomic E-state index is 13.8. The molecule has 1 aromatic heterocycles. The summed E-state index contributed by atoms with van der Waals surface area (Å²) in [6.45, 7) is -0.724. The molecular weight excluding hydrogens is 594 g/mol. The molecule has 2 heterocycles. The summed E-state index contributed by atoms with van der Waals surface area (Å²) < 4.78 is 42.2. The lowest BCUT2D eigenvalue weighted by atomic mass is 9.87. The number of fused-ring (bicyclic) bond motifs is 1. The van der Waals surface area contributed by atoms with Gasteiger partial charge in [-0.15, -0.1) is 0 Å². The van der Waals surface area contributed by atoms with Gasteiger partial charge in [0.05, 0.1) is 45.7 Å². The van der Waals surface area contributed by atoms with Crippen LogP contribution in [0, 0.1) is 0 Å². The van der Waals surface area contributed by atoms with Crippen molar-refractivity contribution in [1.82, 2.24) is 14.1 Å². The Morgan fingerprint density at radius 3 is 2.20 bits per heavy atom. The average molecular weight is 622 g/mol. The Balaban J connectivity index is 1.76. The summed E-state index contributed by atoms with van der Waals surface area (Å²) in [7, 11) is 5.92. The zero-order chi connectivity index (χ0) is 31.4. The smallest absolute Gasteiger partial charge is 0.411 e. The van der Waals surface area contributed by atoms with Gasteiger partial charge in [0.15, 0.2) is 11.5 Å². The van der Waals surface area contributed by atoms with Gasteiger partial charge in [0.1, 0.15) is 23.3 Å². The van der Waals surface area contributed by atoms with Gasteiger partial charge < -0.3 is 38.8 Å². The number of hydrogen-bond acceptors (Lipinski definition) is 12. The molecule has 0 fully saturated rings. The largest absolute Gasteiger partial charge is 0.497 e. The molecule has 0 saturated heterocycles. The van der Waals surface area contributed by atoms with Crippen LogP contribution in [0.15, 0.2) is 60.2 Å². The molecule has 0 saturated carbocycles. The minimum atomic E-state index is -2.11. The number of cyclic esters (lactones) is 1. The highest BCUT2D eigenvalue weighted by Crippen LogP contribution is 2.49. The molecule has 0 radical (unpaired) electrons. The molecule has 5 rings (SSSR count). The molecule has 0 spiro atoms. The monoisotopic (exact) mass is 621 g/mol. The van der Waals surface area contributed by atoms with Crippen LogP contribution in [0.4, 0.5) is 4.79 Å². The van der Waals surface area contributed by atoms with Crippen LogP contribution in [-0.4, -0.2) is 66.9 Å². The van der Waals surface area contributed by atoms with E-state index in [2.05, 4.69) is 14.1 Å². The maximum absolute atomic E-state index is 13.8. The van der Waals surface area contributed by atoms with E-state index in [9.17, 15) is 14.4 Å². The van der Waals surface area contributed by atoms with Crippen molar-refractivity contribution < 1.29 is 47.9 Å². The van der Waals surface area contributed by atoms with Crippen molar-refractivity contribution in [3.05, 3.63) is 76.9 Å². The van der Waals surface area contributed by atoms with Crippen LogP contribution in [0.2, 0.25) is 0 Å². The number of nitrogens with zero attached hydrogens (tertiary/aromatic N) is 2. The third kappa shape index (κ3) is 5.66. The first kappa shape index (κ1) is 30.1. The first-order valence-electron chi connectivity index (χ1n) is 13.0. The number of amides is 1. The zero-order valence-electron chi connectivity index (χ0n) is 24.0. The average Bonchev–Trinajstić information content (AvgIpc) is 3.61. The van der Waals surface area contributed by atoms with Gasteiger partial charge in [0.25, 0.3) is 0 Å². The fourth-order valence-electron chi connectivity index (χ4n) is 4.91. The number of carbonyl (C=O) groups is 3. The molecule has 13 nitrogen and oxygen atoms in total. The van der Waals surface area contributed by atoms with E-state index in [1.165, 1.54) is 28.4 Å². The molecule has 0 aliphatic carbocycles. The molecular formula is C30H27N3O10S. The Bertz CT molecular complexity index is 1740. The Hall–Kier alpha value is -5.37. The third-order valence-electron chi connectivity index (χ3n) is 6.88. The fourth-order valence-corrected chi connectivity index (χ4v) is 5.42. The highest BCUT2D eigenvalue weighted by atomic mass is 32.1. The van der Waals surface area contributed by atoms with Gasteiger partial charge in [0, 0.05) is 17.6 Å². The van der Waals surface area contributed by atoms with Crippen molar-refractivity contribution in [2.24, 2.45) is 0 Å². The number of rotatable bonds is 11. The summed E-state index contributed by atoms with van der Waals surface area (Å²) in [5.41, 5.74) is 2.87. The number of benzene rings is 3. The van der Waals surface area contributed by atoms with Crippen LogP contribution in [0.5, 0.6) is 23.0 Å². The van der Waals surface area contributed by atoms with Crippen molar-refractivity contribution in [2.75, 3.05) is 35.0 Å². The third-order valence-corrected chi connectivity index (χ3v) is 7.43. The van der Waals surface area contributed by atoms with E-state index in [-0.39, 0.29) is 23.1 Å². The normalized spacial score (nSPS) is 16.0. The summed E-state index contributed by atoms with van der Waals surface area (Å²) in [5, 5.41) is 11.3. The Morgan fingerprint density at radius 1 is 0.909 bits per heavy atom. The number of ether oxygens (including phenoxy) is 6. The quantitative estimate of drug-likeness (QED) is 0.232. The molecule has 1 atom stereocenters. The number of carboxylic acids is 1. The van der Waals surface area contributed by atoms with Gasteiger partial charge in [-0.05, 0) is 59.7 Å². The van der Waals surface area contributed by atoms with E-state index in [0.29, 0.717) is 45.2 Å². The predicted molar refractivity (Wildman–Crippen MR) is 157 cm³/mol. The number of esters is 1. The summed E-state index contributed by atoms with van der Waals surface area (Å²) in [6.07, 6.45) is -1.14. The predicted octanol–water partition coefficient (Wildman–Crippen LogP) is 3.94. The number of aliphatic carboxylic acids is 1. The summed E-state index contributed by atoms with van der Waals surface area (Å²) in [6, 6.07) is 14.9. The Morgan fingerprint density at radius 2 is 1.59 bits per heavy atom. The maximum Gasteiger partial charge on any atom is 0.411 e. The molecule has 228 valence electrons. The second-order valence-electron chi connectivity index (χ2n) is 9.40. The standard InChI is InChI=1S/C30H27N3O10S/c1-38-19-8-6-18(7-9-19)30(43-29(37)31-15-25(34)35)20(11-16-12-23(39-2)27(41-4)24(13-16)40-3)26(28(36)42-30)17-5-10-21-22(14-17)33-44-32-21/h5-10,12-14H,11,15H2,1-4H3,(H,31,37)(H,34,35). The molecule has 1 aliphatic rings. The van der Waals surface area contributed by atoms with Gasteiger partial charge in [-0.1, -0.05) is 6.07 Å². The Kier molecular flexibility index (Phi) is 8.53. The first-order chi connectivity index (χ1) is 21.2. The van der Waals surface area contributed by atoms with Crippen molar-refractivity contribution in [2.45, 2.75) is 12.2 Å². The SMILES string of the molecule is COc1ccc(C2(OC(=O)NCC(=O)O)OC(=O)C(c3ccc4nsnc4c3)=C2Cc2cc(OC)c(OC)c(OC)c2)cc1. The molecule has 2 N–H and O–H groups in total. The fraction of sp³-hybridized carbons (Fsp3) is 0.233.